The van der Waals surface area contributed by atoms with Gasteiger partial charge < -0.3 is 4.90 Å². The molecule has 106 valence electrons. The lowest BCUT2D eigenvalue weighted by atomic mass is 10.2. The molecule has 0 atom stereocenters. The summed E-state index contributed by atoms with van der Waals surface area (Å²) >= 11 is 1.60. The first-order chi connectivity index (χ1) is 10.2. The summed E-state index contributed by atoms with van der Waals surface area (Å²) in [6.07, 6.45) is 1.82. The lowest BCUT2D eigenvalue weighted by molar-refractivity contribution is 1.13. The molecule has 0 spiro atoms. The number of hydrogen-bond acceptors (Lipinski definition) is 5. The molecule has 0 aliphatic rings. The lowest BCUT2D eigenvalue weighted by Crippen LogP contribution is -2.11. The first kappa shape index (κ1) is 13.6. The molecule has 1 N–H and O–H groups in total. The molecule has 4 nitrogen and oxygen atoms in total. The van der Waals surface area contributed by atoms with E-state index in [1.807, 2.05) is 56.7 Å². The highest BCUT2D eigenvalue weighted by Crippen LogP contribution is 2.25. The smallest absolute Gasteiger partial charge is 0.204 e. The summed E-state index contributed by atoms with van der Waals surface area (Å²) in [5, 5.41) is 5.10. The van der Waals surface area contributed by atoms with Crippen LogP contribution in [-0.2, 0) is 0 Å². The minimum absolute atomic E-state index is 0.801. The molecule has 0 aliphatic heterocycles. The largest absolute Gasteiger partial charge is 0.377 e. The summed E-state index contributed by atoms with van der Waals surface area (Å²) in [6.45, 7) is 0. The second kappa shape index (κ2) is 5.93. The minimum atomic E-state index is 0.801. The van der Waals surface area contributed by atoms with Crippen LogP contribution in [0.3, 0.4) is 0 Å². The van der Waals surface area contributed by atoms with Crippen LogP contribution in [0.5, 0.6) is 0 Å². The molecule has 1 aromatic heterocycles. The van der Waals surface area contributed by atoms with Gasteiger partial charge in [-0.2, -0.15) is 5.10 Å². The third-order valence-corrected chi connectivity index (χ3v) is 4.02. The first-order valence-corrected chi connectivity index (χ1v) is 7.47. The van der Waals surface area contributed by atoms with Crippen LogP contribution in [0.1, 0.15) is 5.56 Å². The van der Waals surface area contributed by atoms with Gasteiger partial charge in [0.05, 0.1) is 16.4 Å². The van der Waals surface area contributed by atoms with Crippen molar-refractivity contribution in [1.82, 2.24) is 4.98 Å². The van der Waals surface area contributed by atoms with E-state index in [2.05, 4.69) is 32.5 Å². The van der Waals surface area contributed by atoms with E-state index in [1.54, 1.807) is 11.3 Å². The van der Waals surface area contributed by atoms with Crippen molar-refractivity contribution >= 4 is 38.6 Å². The maximum atomic E-state index is 4.48. The van der Waals surface area contributed by atoms with Gasteiger partial charge >= 0.3 is 0 Å². The molecule has 5 heteroatoms. The molecule has 2 aromatic carbocycles. The Morgan fingerprint density at radius 3 is 2.67 bits per heavy atom. The van der Waals surface area contributed by atoms with E-state index in [1.165, 1.54) is 0 Å². The fraction of sp³-hybridized carbons (Fsp3) is 0.125. The van der Waals surface area contributed by atoms with Gasteiger partial charge in [0.15, 0.2) is 0 Å². The average Bonchev–Trinajstić information content (AvgIpc) is 2.90. The van der Waals surface area contributed by atoms with Gasteiger partial charge in [-0.05, 0) is 18.2 Å². The summed E-state index contributed by atoms with van der Waals surface area (Å²) < 4.78 is 1.16. The van der Waals surface area contributed by atoms with Crippen LogP contribution in [0.2, 0.25) is 0 Å². The van der Waals surface area contributed by atoms with Crippen molar-refractivity contribution in [3.05, 3.63) is 54.1 Å². The van der Waals surface area contributed by atoms with Crippen molar-refractivity contribution in [2.75, 3.05) is 24.4 Å². The zero-order valence-corrected chi connectivity index (χ0v) is 12.8. The number of anilines is 2. The topological polar surface area (TPSA) is 40.5 Å². The Hall–Kier alpha value is -2.40. The van der Waals surface area contributed by atoms with Crippen LogP contribution in [0.15, 0.2) is 53.6 Å². The quantitative estimate of drug-likeness (QED) is 0.588. The molecule has 21 heavy (non-hydrogen) atoms. The molecule has 3 rings (SSSR count). The summed E-state index contributed by atoms with van der Waals surface area (Å²) in [5.41, 5.74) is 6.20. The van der Waals surface area contributed by atoms with Gasteiger partial charge in [0.1, 0.15) is 0 Å². The van der Waals surface area contributed by atoms with Gasteiger partial charge in [0.2, 0.25) is 5.13 Å². The Kier molecular flexibility index (Phi) is 3.83. The monoisotopic (exact) mass is 296 g/mol. The minimum Gasteiger partial charge on any atom is -0.377 e. The number of rotatable bonds is 4. The van der Waals surface area contributed by atoms with E-state index in [0.717, 1.165) is 26.6 Å². The number of hydrazone groups is 1. The third-order valence-electron chi connectivity index (χ3n) is 3.08. The molecule has 3 aromatic rings. The maximum Gasteiger partial charge on any atom is 0.204 e. The maximum absolute atomic E-state index is 4.48. The number of hydrogen-bond donors (Lipinski definition) is 1. The van der Waals surface area contributed by atoms with E-state index < -0.39 is 0 Å². The molecule has 0 bridgehead atoms. The molecular formula is C16H16N4S. The predicted molar refractivity (Wildman–Crippen MR) is 91.6 cm³/mol. The lowest BCUT2D eigenvalue weighted by Gasteiger charge is -2.14. The van der Waals surface area contributed by atoms with Crippen molar-refractivity contribution in [1.29, 1.82) is 0 Å². The molecule has 0 unspecified atom stereocenters. The predicted octanol–water partition coefficient (Wildman–Crippen LogP) is 3.81. The standard InChI is InChI=1S/C16H16N4S/c1-20(2)14-9-5-3-7-12(14)11-17-19-16-18-13-8-4-6-10-15(13)21-16/h3-11H,1-2H3,(H,18,19). The van der Waals surface area contributed by atoms with E-state index in [-0.39, 0.29) is 0 Å². The SMILES string of the molecule is CN(C)c1ccccc1C=NNc1nc2ccccc2s1. The van der Waals surface area contributed by atoms with Gasteiger partial charge in [0, 0.05) is 25.3 Å². The van der Waals surface area contributed by atoms with E-state index >= 15 is 0 Å². The second-order valence-electron chi connectivity index (χ2n) is 4.81. The van der Waals surface area contributed by atoms with Crippen molar-refractivity contribution < 1.29 is 0 Å². The fourth-order valence-electron chi connectivity index (χ4n) is 2.08. The molecule has 0 aliphatic carbocycles. The molecule has 1 heterocycles. The van der Waals surface area contributed by atoms with Crippen LogP contribution in [0.4, 0.5) is 10.8 Å². The Bertz CT molecular complexity index is 744. The van der Waals surface area contributed by atoms with Crippen molar-refractivity contribution in [3.63, 3.8) is 0 Å². The average molecular weight is 296 g/mol. The van der Waals surface area contributed by atoms with E-state index in [9.17, 15) is 0 Å². The highest BCUT2D eigenvalue weighted by molar-refractivity contribution is 7.22. The third kappa shape index (κ3) is 3.03. The molecule has 0 saturated heterocycles. The molecule has 0 amide bonds. The van der Waals surface area contributed by atoms with Gasteiger partial charge in [-0.3, -0.25) is 5.43 Å². The molecule has 0 saturated carbocycles. The zero-order valence-electron chi connectivity index (χ0n) is 11.9. The number of fused-ring (bicyclic) bond motifs is 1. The zero-order chi connectivity index (χ0) is 14.7. The van der Waals surface area contributed by atoms with Crippen molar-refractivity contribution in [2.24, 2.45) is 5.10 Å². The van der Waals surface area contributed by atoms with Crippen LogP contribution < -0.4 is 10.3 Å². The first-order valence-electron chi connectivity index (χ1n) is 6.65. The molecular weight excluding hydrogens is 280 g/mol. The van der Waals surface area contributed by atoms with Crippen LogP contribution >= 0.6 is 11.3 Å². The summed E-state index contributed by atoms with van der Waals surface area (Å²) in [5.74, 6) is 0. The van der Waals surface area contributed by atoms with Crippen molar-refractivity contribution in [3.8, 4) is 0 Å². The van der Waals surface area contributed by atoms with Gasteiger partial charge in [0.25, 0.3) is 0 Å². The molecule has 0 fully saturated rings. The Labute approximate surface area is 127 Å². The normalized spacial score (nSPS) is 11.1. The highest BCUT2D eigenvalue weighted by Gasteiger charge is 2.02. The van der Waals surface area contributed by atoms with Gasteiger partial charge in [-0.25, -0.2) is 4.98 Å². The van der Waals surface area contributed by atoms with Gasteiger partial charge in [-0.1, -0.05) is 41.7 Å². The number of nitrogens with zero attached hydrogens (tertiary/aromatic N) is 3. The summed E-state index contributed by atoms with van der Waals surface area (Å²) in [6, 6.07) is 16.2. The fourth-order valence-corrected chi connectivity index (χ4v) is 2.90. The number of para-hydroxylation sites is 2. The van der Waals surface area contributed by atoms with Crippen LogP contribution in [0, 0.1) is 0 Å². The Morgan fingerprint density at radius 1 is 1.10 bits per heavy atom. The summed E-state index contributed by atoms with van der Waals surface area (Å²) in [7, 11) is 4.04. The number of aromatic nitrogens is 1. The number of thiazole rings is 1. The van der Waals surface area contributed by atoms with Crippen LogP contribution in [0.25, 0.3) is 10.2 Å². The second-order valence-corrected chi connectivity index (χ2v) is 5.84. The van der Waals surface area contributed by atoms with E-state index in [4.69, 9.17) is 0 Å². The van der Waals surface area contributed by atoms with Gasteiger partial charge in [-0.15, -0.1) is 0 Å². The highest BCUT2D eigenvalue weighted by atomic mass is 32.1. The van der Waals surface area contributed by atoms with E-state index in [0.29, 0.717) is 0 Å². The van der Waals surface area contributed by atoms with Crippen molar-refractivity contribution in [2.45, 2.75) is 0 Å². The number of nitrogens with one attached hydrogen (secondary N) is 1. The Balaban J connectivity index is 1.78. The number of benzene rings is 2. The Morgan fingerprint density at radius 2 is 1.86 bits per heavy atom. The van der Waals surface area contributed by atoms with Crippen LogP contribution in [-0.4, -0.2) is 25.3 Å². The molecule has 0 radical (unpaired) electrons. The summed E-state index contributed by atoms with van der Waals surface area (Å²) in [4.78, 5) is 6.55.